The van der Waals surface area contributed by atoms with Gasteiger partial charge in [0.1, 0.15) is 6.23 Å². The molecule has 0 bridgehead atoms. The Morgan fingerprint density at radius 2 is 2.07 bits per heavy atom. The van der Waals surface area contributed by atoms with Gasteiger partial charge in [0.15, 0.2) is 0 Å². The number of amides is 1. The number of likely N-dealkylation sites (tertiary alicyclic amines) is 1. The Labute approximate surface area is 91.0 Å². The van der Waals surface area contributed by atoms with Crippen LogP contribution in [-0.4, -0.2) is 43.8 Å². The summed E-state index contributed by atoms with van der Waals surface area (Å²) in [5.74, 6) is 0.389. The van der Waals surface area contributed by atoms with Crippen molar-refractivity contribution < 1.29 is 9.53 Å². The maximum absolute atomic E-state index is 11.9. The first kappa shape index (κ1) is 10.9. The molecule has 2 saturated heterocycles. The molecule has 2 heterocycles. The van der Waals surface area contributed by atoms with E-state index in [4.69, 9.17) is 4.74 Å². The minimum Gasteiger partial charge on any atom is -0.359 e. The van der Waals surface area contributed by atoms with Crippen molar-refractivity contribution in [1.82, 2.24) is 10.2 Å². The van der Waals surface area contributed by atoms with Crippen LogP contribution in [0.25, 0.3) is 0 Å². The third-order valence-electron chi connectivity index (χ3n) is 3.32. The van der Waals surface area contributed by atoms with Crippen molar-refractivity contribution in [1.29, 1.82) is 0 Å². The second kappa shape index (κ2) is 4.94. The lowest BCUT2D eigenvalue weighted by atomic mass is 9.96. The average molecular weight is 212 g/mol. The maximum atomic E-state index is 11.9. The average Bonchev–Trinajstić information content (AvgIpc) is 2.71. The zero-order valence-corrected chi connectivity index (χ0v) is 9.37. The van der Waals surface area contributed by atoms with Crippen LogP contribution in [0.5, 0.6) is 0 Å². The smallest absolute Gasteiger partial charge is 0.225 e. The molecule has 0 aromatic heterocycles. The van der Waals surface area contributed by atoms with Gasteiger partial charge in [0.05, 0.1) is 0 Å². The van der Waals surface area contributed by atoms with Crippen molar-refractivity contribution in [3.63, 3.8) is 0 Å². The number of nitrogens with one attached hydrogen (secondary N) is 1. The topological polar surface area (TPSA) is 41.6 Å². The molecule has 2 aliphatic rings. The van der Waals surface area contributed by atoms with Gasteiger partial charge < -0.3 is 15.0 Å². The summed E-state index contributed by atoms with van der Waals surface area (Å²) in [7, 11) is 2.11. The molecule has 1 N–H and O–H groups in total. The van der Waals surface area contributed by atoms with E-state index in [0.717, 1.165) is 45.4 Å². The van der Waals surface area contributed by atoms with Crippen LogP contribution in [-0.2, 0) is 9.53 Å². The number of carbonyl (C=O) groups is 1. The van der Waals surface area contributed by atoms with Crippen molar-refractivity contribution >= 4 is 5.91 Å². The van der Waals surface area contributed by atoms with E-state index in [2.05, 4.69) is 17.3 Å². The van der Waals surface area contributed by atoms with Gasteiger partial charge in [0.25, 0.3) is 0 Å². The SMILES string of the molecule is CN1CCC(C(=O)N[C@@H]2CCCO2)CC1. The number of piperidine rings is 1. The fraction of sp³-hybridized carbons (Fsp3) is 0.909. The summed E-state index contributed by atoms with van der Waals surface area (Å²) in [6.45, 7) is 2.85. The van der Waals surface area contributed by atoms with Gasteiger partial charge in [-0.3, -0.25) is 4.79 Å². The molecule has 0 unspecified atom stereocenters. The molecule has 0 radical (unpaired) electrons. The van der Waals surface area contributed by atoms with E-state index < -0.39 is 0 Å². The largest absolute Gasteiger partial charge is 0.359 e. The summed E-state index contributed by atoms with van der Waals surface area (Å²) < 4.78 is 5.39. The summed E-state index contributed by atoms with van der Waals surface area (Å²) in [5.41, 5.74) is 0. The minimum atomic E-state index is -0.0165. The predicted molar refractivity (Wildman–Crippen MR) is 57.3 cm³/mol. The zero-order chi connectivity index (χ0) is 10.7. The molecule has 2 rings (SSSR count). The van der Waals surface area contributed by atoms with Crippen LogP contribution in [0.4, 0.5) is 0 Å². The number of hydrogen-bond acceptors (Lipinski definition) is 3. The maximum Gasteiger partial charge on any atom is 0.225 e. The first-order chi connectivity index (χ1) is 7.25. The molecule has 4 heteroatoms. The lowest BCUT2D eigenvalue weighted by Crippen LogP contribution is -2.42. The van der Waals surface area contributed by atoms with Crippen LogP contribution in [0, 0.1) is 5.92 Å². The van der Waals surface area contributed by atoms with Gasteiger partial charge in [0, 0.05) is 12.5 Å². The molecule has 1 amide bonds. The van der Waals surface area contributed by atoms with Gasteiger partial charge >= 0.3 is 0 Å². The van der Waals surface area contributed by atoms with Gasteiger partial charge in [0.2, 0.25) is 5.91 Å². The van der Waals surface area contributed by atoms with E-state index in [-0.39, 0.29) is 18.1 Å². The Balaban J connectivity index is 1.75. The third kappa shape index (κ3) is 2.92. The van der Waals surface area contributed by atoms with E-state index in [1.807, 2.05) is 0 Å². The normalized spacial score (nSPS) is 29.3. The lowest BCUT2D eigenvalue weighted by molar-refractivity contribution is -0.129. The molecule has 0 aliphatic carbocycles. The van der Waals surface area contributed by atoms with E-state index in [1.54, 1.807) is 0 Å². The molecule has 0 spiro atoms. The van der Waals surface area contributed by atoms with Gasteiger partial charge in [-0.1, -0.05) is 0 Å². The summed E-state index contributed by atoms with van der Waals surface area (Å²) in [4.78, 5) is 14.1. The standard InChI is InChI=1S/C11H20N2O2/c1-13-6-4-9(5-7-13)11(14)12-10-3-2-8-15-10/h9-10H,2-8H2,1H3,(H,12,14)/t10-/m0/s1. The Bertz CT molecular complexity index is 219. The molecule has 0 aromatic carbocycles. The number of ether oxygens (including phenoxy) is 1. The number of hydrogen-bond donors (Lipinski definition) is 1. The second-order valence-electron chi connectivity index (χ2n) is 4.59. The van der Waals surface area contributed by atoms with Crippen LogP contribution in [0.3, 0.4) is 0 Å². The van der Waals surface area contributed by atoms with Crippen molar-refractivity contribution in [3.8, 4) is 0 Å². The van der Waals surface area contributed by atoms with Crippen LogP contribution in [0.1, 0.15) is 25.7 Å². The molecule has 2 fully saturated rings. The molecular formula is C11H20N2O2. The van der Waals surface area contributed by atoms with Gasteiger partial charge in [-0.15, -0.1) is 0 Å². The highest BCUT2D eigenvalue weighted by Gasteiger charge is 2.26. The van der Waals surface area contributed by atoms with E-state index in [1.165, 1.54) is 0 Å². The Morgan fingerprint density at radius 1 is 1.33 bits per heavy atom. The number of rotatable bonds is 2. The highest BCUT2D eigenvalue weighted by molar-refractivity contribution is 5.78. The molecule has 2 aliphatic heterocycles. The van der Waals surface area contributed by atoms with Crippen molar-refractivity contribution in [2.45, 2.75) is 31.9 Å². The highest BCUT2D eigenvalue weighted by atomic mass is 16.5. The fourth-order valence-corrected chi connectivity index (χ4v) is 2.24. The summed E-state index contributed by atoms with van der Waals surface area (Å²) in [6.07, 6.45) is 3.98. The van der Waals surface area contributed by atoms with Crippen LogP contribution in [0.2, 0.25) is 0 Å². The van der Waals surface area contributed by atoms with Crippen LogP contribution < -0.4 is 5.32 Å². The molecule has 15 heavy (non-hydrogen) atoms. The van der Waals surface area contributed by atoms with E-state index >= 15 is 0 Å². The molecule has 4 nitrogen and oxygen atoms in total. The van der Waals surface area contributed by atoms with Crippen molar-refractivity contribution in [2.75, 3.05) is 26.7 Å². The summed E-state index contributed by atoms with van der Waals surface area (Å²) >= 11 is 0. The molecule has 0 saturated carbocycles. The number of nitrogens with zero attached hydrogens (tertiary/aromatic N) is 1. The Morgan fingerprint density at radius 3 is 2.67 bits per heavy atom. The monoisotopic (exact) mass is 212 g/mol. The Kier molecular flexibility index (Phi) is 3.59. The highest BCUT2D eigenvalue weighted by Crippen LogP contribution is 2.17. The van der Waals surface area contributed by atoms with Gasteiger partial charge in [-0.05, 0) is 45.8 Å². The number of carbonyl (C=O) groups excluding carboxylic acids is 1. The van der Waals surface area contributed by atoms with Crippen molar-refractivity contribution in [2.24, 2.45) is 5.92 Å². The fourth-order valence-electron chi connectivity index (χ4n) is 2.24. The third-order valence-corrected chi connectivity index (χ3v) is 3.32. The molecule has 0 aromatic rings. The molecule has 86 valence electrons. The zero-order valence-electron chi connectivity index (χ0n) is 9.37. The van der Waals surface area contributed by atoms with Gasteiger partial charge in [-0.2, -0.15) is 0 Å². The van der Waals surface area contributed by atoms with E-state index in [9.17, 15) is 4.79 Å². The molecule has 1 atom stereocenters. The lowest BCUT2D eigenvalue weighted by Gasteiger charge is -2.28. The Hall–Kier alpha value is -0.610. The predicted octanol–water partition coefficient (Wildman–Crippen LogP) is 0.581. The molecular weight excluding hydrogens is 192 g/mol. The first-order valence-corrected chi connectivity index (χ1v) is 5.86. The van der Waals surface area contributed by atoms with Crippen LogP contribution >= 0.6 is 0 Å². The van der Waals surface area contributed by atoms with Crippen molar-refractivity contribution in [3.05, 3.63) is 0 Å². The van der Waals surface area contributed by atoms with Gasteiger partial charge in [-0.25, -0.2) is 0 Å². The minimum absolute atomic E-state index is 0.0165. The van der Waals surface area contributed by atoms with E-state index in [0.29, 0.717) is 0 Å². The van der Waals surface area contributed by atoms with Crippen LogP contribution in [0.15, 0.2) is 0 Å². The second-order valence-corrected chi connectivity index (χ2v) is 4.59. The first-order valence-electron chi connectivity index (χ1n) is 5.86. The summed E-state index contributed by atoms with van der Waals surface area (Å²) in [6, 6.07) is 0. The summed E-state index contributed by atoms with van der Waals surface area (Å²) in [5, 5.41) is 2.98. The quantitative estimate of drug-likeness (QED) is 0.728.